The number of anilines is 1. The molecule has 0 atom stereocenters. The van der Waals surface area contributed by atoms with E-state index in [4.69, 9.17) is 9.47 Å². The Morgan fingerprint density at radius 2 is 1.82 bits per heavy atom. The predicted octanol–water partition coefficient (Wildman–Crippen LogP) is 5.04. The first-order chi connectivity index (χ1) is 16.4. The van der Waals surface area contributed by atoms with E-state index >= 15 is 0 Å². The molecule has 0 aliphatic heterocycles. The molecule has 34 heavy (non-hydrogen) atoms. The summed E-state index contributed by atoms with van der Waals surface area (Å²) in [7, 11) is 2.94. The Kier molecular flexibility index (Phi) is 6.46. The second kappa shape index (κ2) is 9.63. The maximum atomic E-state index is 13.7. The molecule has 0 radical (unpaired) electrons. The number of hydrogen-bond donors (Lipinski definition) is 0. The summed E-state index contributed by atoms with van der Waals surface area (Å²) in [5.74, 6) is -0.122. The zero-order valence-electron chi connectivity index (χ0n) is 18.0. The van der Waals surface area contributed by atoms with Crippen LogP contribution in [0.15, 0.2) is 65.8 Å². The number of fused-ring (bicyclic) bond motifs is 1. The number of nitrogens with zero attached hydrogens (tertiary/aromatic N) is 4. The monoisotopic (exact) mass is 480 g/mol. The molecule has 1 heterocycles. The number of amides is 1. The van der Waals surface area contributed by atoms with Crippen LogP contribution < -0.4 is 14.5 Å². The number of rotatable bonds is 7. The highest BCUT2D eigenvalue weighted by molar-refractivity contribution is 7.22. The van der Waals surface area contributed by atoms with Crippen molar-refractivity contribution in [3.05, 3.63) is 87.7 Å². The fraction of sp³-hybridized carbons (Fsp3) is 0.0870. The van der Waals surface area contributed by atoms with Crippen molar-refractivity contribution in [1.82, 2.24) is 4.98 Å². The Bertz CT molecular complexity index is 1400. The summed E-state index contributed by atoms with van der Waals surface area (Å²) in [6, 6.07) is 14.5. The number of nitro benzene ring substituents is 1. The van der Waals surface area contributed by atoms with Gasteiger partial charge in [0.05, 0.1) is 35.6 Å². The normalized spacial score (nSPS) is 11.0. The lowest BCUT2D eigenvalue weighted by molar-refractivity contribution is -0.384. The summed E-state index contributed by atoms with van der Waals surface area (Å²) in [5, 5.41) is 16.5. The zero-order chi connectivity index (χ0) is 24.2. The molecule has 0 N–H and O–H groups in total. The highest BCUT2D eigenvalue weighted by Crippen LogP contribution is 2.32. The highest BCUT2D eigenvalue weighted by Gasteiger charge is 2.22. The third-order valence-electron chi connectivity index (χ3n) is 4.77. The SMILES string of the molecule is COc1ccc(C(=O)N(/N=C/c2ccc([N+](=O)[O-])cc2)c2nc3ccc(F)cc3s2)cc1OC. The molecule has 3 aromatic carbocycles. The number of hydrazone groups is 1. The van der Waals surface area contributed by atoms with Gasteiger partial charge in [-0.1, -0.05) is 11.3 Å². The number of aromatic nitrogens is 1. The van der Waals surface area contributed by atoms with Crippen LogP contribution in [-0.4, -0.2) is 36.2 Å². The van der Waals surface area contributed by atoms with Gasteiger partial charge < -0.3 is 9.47 Å². The number of benzene rings is 3. The van der Waals surface area contributed by atoms with E-state index in [1.165, 1.54) is 69.0 Å². The molecule has 0 aliphatic rings. The topological polar surface area (TPSA) is 107 Å². The largest absolute Gasteiger partial charge is 0.493 e. The van der Waals surface area contributed by atoms with Crippen LogP contribution in [0.4, 0.5) is 15.2 Å². The summed E-state index contributed by atoms with van der Waals surface area (Å²) in [4.78, 5) is 28.2. The van der Waals surface area contributed by atoms with Gasteiger partial charge in [-0.25, -0.2) is 9.37 Å². The van der Waals surface area contributed by atoms with Crippen LogP contribution in [-0.2, 0) is 0 Å². The Morgan fingerprint density at radius 3 is 2.50 bits per heavy atom. The minimum Gasteiger partial charge on any atom is -0.493 e. The Hall–Kier alpha value is -4.38. The van der Waals surface area contributed by atoms with Crippen molar-refractivity contribution in [2.75, 3.05) is 19.2 Å². The van der Waals surface area contributed by atoms with E-state index in [0.717, 1.165) is 16.3 Å². The Labute approximate surface area is 196 Å². The lowest BCUT2D eigenvalue weighted by Gasteiger charge is -2.15. The molecule has 0 saturated heterocycles. The number of ether oxygens (including phenoxy) is 2. The highest BCUT2D eigenvalue weighted by atomic mass is 32.1. The number of methoxy groups -OCH3 is 2. The van der Waals surface area contributed by atoms with Gasteiger partial charge in [0.1, 0.15) is 5.82 Å². The minimum absolute atomic E-state index is 0.0661. The van der Waals surface area contributed by atoms with Crippen LogP contribution in [0.3, 0.4) is 0 Å². The molecule has 0 fully saturated rings. The molecule has 1 aromatic heterocycles. The summed E-state index contributed by atoms with van der Waals surface area (Å²) in [6.45, 7) is 0. The van der Waals surface area contributed by atoms with E-state index in [0.29, 0.717) is 27.3 Å². The van der Waals surface area contributed by atoms with Gasteiger partial charge in [0, 0.05) is 17.7 Å². The first-order valence-electron chi connectivity index (χ1n) is 9.80. The predicted molar refractivity (Wildman–Crippen MR) is 127 cm³/mol. The minimum atomic E-state index is -0.515. The van der Waals surface area contributed by atoms with Crippen molar-refractivity contribution in [2.24, 2.45) is 5.10 Å². The van der Waals surface area contributed by atoms with Gasteiger partial charge in [-0.2, -0.15) is 10.1 Å². The number of carbonyl (C=O) groups is 1. The molecular weight excluding hydrogens is 463 g/mol. The van der Waals surface area contributed by atoms with E-state index in [1.807, 2.05) is 0 Å². The number of nitro groups is 1. The van der Waals surface area contributed by atoms with Crippen molar-refractivity contribution in [3.63, 3.8) is 0 Å². The van der Waals surface area contributed by atoms with Crippen LogP contribution in [0.25, 0.3) is 10.2 Å². The van der Waals surface area contributed by atoms with Crippen LogP contribution in [0, 0.1) is 15.9 Å². The third kappa shape index (κ3) is 4.69. The maximum Gasteiger partial charge on any atom is 0.280 e. The van der Waals surface area contributed by atoms with E-state index in [1.54, 1.807) is 12.1 Å². The van der Waals surface area contributed by atoms with Gasteiger partial charge in [-0.05, 0) is 54.1 Å². The Morgan fingerprint density at radius 1 is 1.09 bits per heavy atom. The van der Waals surface area contributed by atoms with Gasteiger partial charge in [0.2, 0.25) is 5.13 Å². The van der Waals surface area contributed by atoms with Gasteiger partial charge in [-0.15, -0.1) is 0 Å². The molecule has 4 rings (SSSR count). The average molecular weight is 480 g/mol. The number of thiazole rings is 1. The van der Waals surface area contributed by atoms with E-state index < -0.39 is 16.6 Å². The van der Waals surface area contributed by atoms with Crippen LogP contribution >= 0.6 is 11.3 Å². The zero-order valence-corrected chi connectivity index (χ0v) is 18.8. The maximum absolute atomic E-state index is 13.7. The lowest BCUT2D eigenvalue weighted by atomic mass is 10.2. The van der Waals surface area contributed by atoms with Gasteiger partial charge in [0.15, 0.2) is 11.5 Å². The molecule has 0 saturated carbocycles. The molecular formula is C23H17FN4O5S. The van der Waals surface area contributed by atoms with Crippen LogP contribution in [0.1, 0.15) is 15.9 Å². The van der Waals surface area contributed by atoms with Gasteiger partial charge >= 0.3 is 0 Å². The fourth-order valence-corrected chi connectivity index (χ4v) is 4.01. The quantitative estimate of drug-likeness (QED) is 0.208. The van der Waals surface area contributed by atoms with E-state index in [2.05, 4.69) is 10.1 Å². The second-order valence-corrected chi connectivity index (χ2v) is 7.90. The summed E-state index contributed by atoms with van der Waals surface area (Å²) >= 11 is 1.10. The van der Waals surface area contributed by atoms with Crippen LogP contribution in [0.2, 0.25) is 0 Å². The molecule has 0 spiro atoms. The summed E-state index contributed by atoms with van der Waals surface area (Å²) < 4.78 is 24.7. The Balaban J connectivity index is 1.75. The molecule has 4 aromatic rings. The molecule has 0 unspecified atom stereocenters. The first kappa shape index (κ1) is 22.8. The number of carbonyl (C=O) groups excluding carboxylic acids is 1. The van der Waals surface area contributed by atoms with Crippen molar-refractivity contribution in [3.8, 4) is 11.5 Å². The van der Waals surface area contributed by atoms with E-state index in [9.17, 15) is 19.3 Å². The van der Waals surface area contributed by atoms with Crippen molar-refractivity contribution >= 4 is 44.5 Å². The molecule has 11 heteroatoms. The van der Waals surface area contributed by atoms with E-state index in [-0.39, 0.29) is 16.4 Å². The standard InChI is InChI=1S/C23H17FN4O5S/c1-32-19-10-5-15(11-20(19)33-2)22(29)27(23-26-18-9-6-16(24)12-21(18)34-23)25-13-14-3-7-17(8-4-14)28(30)31/h3-13H,1-2H3/b25-13+. The summed E-state index contributed by atoms with van der Waals surface area (Å²) in [6.07, 6.45) is 1.38. The van der Waals surface area contributed by atoms with Crippen molar-refractivity contribution < 1.29 is 23.6 Å². The number of non-ortho nitro benzene ring substituents is 1. The first-order valence-corrected chi connectivity index (χ1v) is 10.6. The molecule has 0 bridgehead atoms. The number of halogens is 1. The average Bonchev–Trinajstić information content (AvgIpc) is 3.26. The lowest BCUT2D eigenvalue weighted by Crippen LogP contribution is -2.25. The summed E-state index contributed by atoms with van der Waals surface area (Å²) in [5.41, 5.74) is 1.23. The van der Waals surface area contributed by atoms with Crippen LogP contribution in [0.5, 0.6) is 11.5 Å². The molecule has 9 nitrogen and oxygen atoms in total. The van der Waals surface area contributed by atoms with Crippen molar-refractivity contribution in [1.29, 1.82) is 0 Å². The molecule has 1 amide bonds. The van der Waals surface area contributed by atoms with Gasteiger partial charge in [-0.3, -0.25) is 14.9 Å². The third-order valence-corrected chi connectivity index (χ3v) is 5.76. The fourth-order valence-electron chi connectivity index (χ4n) is 3.06. The molecule has 0 aliphatic carbocycles. The second-order valence-electron chi connectivity index (χ2n) is 6.89. The van der Waals surface area contributed by atoms with Crippen molar-refractivity contribution in [2.45, 2.75) is 0 Å². The molecule has 172 valence electrons. The smallest absolute Gasteiger partial charge is 0.280 e. The van der Waals surface area contributed by atoms with Gasteiger partial charge in [0.25, 0.3) is 11.6 Å². The number of hydrogen-bond acceptors (Lipinski definition) is 8.